The summed E-state index contributed by atoms with van der Waals surface area (Å²) in [6.07, 6.45) is -1.45. The number of aliphatic hydroxyl groups excluding tert-OH is 1. The molecule has 4 N–H and O–H groups in total. The molecule has 0 spiro atoms. The minimum Gasteiger partial charge on any atom is -0.480 e. The molecule has 1 heterocycles. The molecule has 1 amide bonds. The second-order valence-electron chi connectivity index (χ2n) is 4.85. The van der Waals surface area contributed by atoms with Crippen molar-refractivity contribution < 1.29 is 19.8 Å². The largest absolute Gasteiger partial charge is 0.480 e. The second kappa shape index (κ2) is 6.35. The van der Waals surface area contributed by atoms with Gasteiger partial charge in [0.05, 0.1) is 23.6 Å². The number of aliphatic carboxylic acids is 1. The van der Waals surface area contributed by atoms with Crippen LogP contribution in [-0.2, 0) is 16.0 Å². The number of nitrogens with zero attached hydrogens (tertiary/aromatic N) is 1. The number of H-pyrrole nitrogens is 1. The number of fused-ring (bicyclic) bond motifs is 1. The second-order valence-corrected chi connectivity index (χ2v) is 4.85. The van der Waals surface area contributed by atoms with Gasteiger partial charge in [-0.1, -0.05) is 18.2 Å². The Morgan fingerprint density at radius 1 is 1.32 bits per heavy atom. The molecule has 1 aromatic carbocycles. The molecule has 0 unspecified atom stereocenters. The van der Waals surface area contributed by atoms with Crippen LogP contribution in [0.5, 0.6) is 0 Å². The predicted octanol–water partition coefficient (Wildman–Crippen LogP) is -0.584. The van der Waals surface area contributed by atoms with Gasteiger partial charge in [-0.25, -0.2) is 9.89 Å². The van der Waals surface area contributed by atoms with E-state index in [0.717, 1.165) is 0 Å². The van der Waals surface area contributed by atoms with Crippen molar-refractivity contribution in [1.82, 2.24) is 15.5 Å². The molecule has 116 valence electrons. The third-order valence-corrected chi connectivity index (χ3v) is 3.17. The van der Waals surface area contributed by atoms with Gasteiger partial charge in [-0.3, -0.25) is 9.59 Å². The number of nitrogens with one attached hydrogen (secondary N) is 2. The molecule has 0 saturated heterocycles. The number of aromatic nitrogens is 2. The van der Waals surface area contributed by atoms with Gasteiger partial charge in [0, 0.05) is 5.39 Å². The highest BCUT2D eigenvalue weighted by atomic mass is 16.4. The summed E-state index contributed by atoms with van der Waals surface area (Å²) >= 11 is 0. The summed E-state index contributed by atoms with van der Waals surface area (Å²) in [5, 5.41) is 27.5. The number of hydrogen-bond donors (Lipinski definition) is 4. The van der Waals surface area contributed by atoms with Gasteiger partial charge in [0.1, 0.15) is 0 Å². The summed E-state index contributed by atoms with van der Waals surface area (Å²) in [7, 11) is 0. The third kappa shape index (κ3) is 3.29. The van der Waals surface area contributed by atoms with Crippen molar-refractivity contribution in [2.45, 2.75) is 25.5 Å². The number of carbonyl (C=O) groups is 2. The van der Waals surface area contributed by atoms with E-state index in [-0.39, 0.29) is 12.0 Å². The van der Waals surface area contributed by atoms with E-state index in [0.29, 0.717) is 16.5 Å². The molecule has 8 nitrogen and oxygen atoms in total. The number of amides is 1. The predicted molar refractivity (Wildman–Crippen MR) is 77.3 cm³/mol. The lowest BCUT2D eigenvalue weighted by Crippen LogP contribution is -2.48. The Bertz CT molecular complexity index is 768. The van der Waals surface area contributed by atoms with E-state index in [4.69, 9.17) is 5.11 Å². The molecule has 0 radical (unpaired) electrons. The zero-order valence-electron chi connectivity index (χ0n) is 11.7. The van der Waals surface area contributed by atoms with Crippen LogP contribution in [0.3, 0.4) is 0 Å². The van der Waals surface area contributed by atoms with E-state index in [1.807, 2.05) is 0 Å². The normalized spacial score (nSPS) is 13.5. The Balaban J connectivity index is 2.24. The molecular weight excluding hydrogens is 290 g/mol. The van der Waals surface area contributed by atoms with Gasteiger partial charge in [-0.05, 0) is 13.0 Å². The van der Waals surface area contributed by atoms with Gasteiger partial charge < -0.3 is 15.5 Å². The van der Waals surface area contributed by atoms with Crippen molar-refractivity contribution in [1.29, 1.82) is 0 Å². The Kier molecular flexibility index (Phi) is 4.52. The zero-order valence-corrected chi connectivity index (χ0v) is 11.7. The summed E-state index contributed by atoms with van der Waals surface area (Å²) in [6, 6.07) is 5.26. The number of rotatable bonds is 5. The molecule has 2 rings (SSSR count). The highest BCUT2D eigenvalue weighted by molar-refractivity contribution is 5.90. The number of carbonyl (C=O) groups excluding carboxylic acids is 1. The molecule has 0 bridgehead atoms. The number of carboxylic acid groups (broad SMARTS) is 1. The number of benzene rings is 1. The Morgan fingerprint density at radius 3 is 2.55 bits per heavy atom. The van der Waals surface area contributed by atoms with Crippen LogP contribution in [0.1, 0.15) is 12.6 Å². The monoisotopic (exact) mass is 305 g/mol. The van der Waals surface area contributed by atoms with Crippen molar-refractivity contribution in [2.75, 3.05) is 0 Å². The third-order valence-electron chi connectivity index (χ3n) is 3.17. The van der Waals surface area contributed by atoms with Crippen LogP contribution < -0.4 is 10.9 Å². The maximum atomic E-state index is 11.9. The SMILES string of the molecule is C[C@@H](O)[C@@H](NC(=O)Cc1n[nH]c(=O)c2ccccc12)C(=O)O. The lowest BCUT2D eigenvalue weighted by atomic mass is 10.1. The van der Waals surface area contributed by atoms with Gasteiger partial charge in [0.2, 0.25) is 5.91 Å². The van der Waals surface area contributed by atoms with Crippen molar-refractivity contribution in [3.8, 4) is 0 Å². The molecule has 0 aliphatic rings. The van der Waals surface area contributed by atoms with Crippen LogP contribution in [0.15, 0.2) is 29.1 Å². The Morgan fingerprint density at radius 2 is 1.95 bits per heavy atom. The molecule has 0 saturated carbocycles. The first-order valence-electron chi connectivity index (χ1n) is 6.56. The molecule has 0 aliphatic heterocycles. The molecular formula is C14H15N3O5. The van der Waals surface area contributed by atoms with Gasteiger partial charge >= 0.3 is 5.97 Å². The lowest BCUT2D eigenvalue weighted by Gasteiger charge is -2.17. The van der Waals surface area contributed by atoms with Gasteiger partial charge in [0.25, 0.3) is 5.56 Å². The van der Waals surface area contributed by atoms with Crippen LogP contribution in [0, 0.1) is 0 Å². The highest BCUT2D eigenvalue weighted by Gasteiger charge is 2.25. The fourth-order valence-electron chi connectivity index (χ4n) is 2.07. The first kappa shape index (κ1) is 15.6. The van der Waals surface area contributed by atoms with Crippen LogP contribution >= 0.6 is 0 Å². The minimum absolute atomic E-state index is 0.214. The van der Waals surface area contributed by atoms with Crippen LogP contribution in [0.25, 0.3) is 10.8 Å². The fourth-order valence-corrected chi connectivity index (χ4v) is 2.07. The average Bonchev–Trinajstić information content (AvgIpc) is 2.47. The van der Waals surface area contributed by atoms with E-state index >= 15 is 0 Å². The van der Waals surface area contributed by atoms with E-state index in [1.54, 1.807) is 24.3 Å². The van der Waals surface area contributed by atoms with Crippen LogP contribution in [0.4, 0.5) is 0 Å². The van der Waals surface area contributed by atoms with E-state index < -0.39 is 24.0 Å². The topological polar surface area (TPSA) is 132 Å². The lowest BCUT2D eigenvalue weighted by molar-refractivity contribution is -0.144. The van der Waals surface area contributed by atoms with Gasteiger partial charge in [0.15, 0.2) is 6.04 Å². The smallest absolute Gasteiger partial charge is 0.328 e. The quantitative estimate of drug-likeness (QED) is 0.584. The maximum absolute atomic E-state index is 11.9. The first-order valence-corrected chi connectivity index (χ1v) is 6.56. The van der Waals surface area contributed by atoms with E-state index in [2.05, 4.69) is 15.5 Å². The molecule has 8 heteroatoms. The summed E-state index contributed by atoms with van der Waals surface area (Å²) < 4.78 is 0. The van der Waals surface area contributed by atoms with E-state index in [1.165, 1.54) is 6.92 Å². The Labute approximate surface area is 124 Å². The van der Waals surface area contributed by atoms with Crippen molar-refractivity contribution in [2.24, 2.45) is 0 Å². The summed E-state index contributed by atoms with van der Waals surface area (Å²) in [5.74, 6) is -1.94. The van der Waals surface area contributed by atoms with Crippen molar-refractivity contribution in [3.63, 3.8) is 0 Å². The standard InChI is InChI=1S/C14H15N3O5/c1-7(18)12(14(21)22)15-11(19)6-10-8-4-2-3-5-9(8)13(20)17-16-10/h2-5,7,12,18H,6H2,1H3,(H,15,19)(H,17,20)(H,21,22)/t7-,12-/m1/s1. The van der Waals surface area contributed by atoms with E-state index in [9.17, 15) is 19.5 Å². The van der Waals surface area contributed by atoms with Crippen molar-refractivity contribution >= 4 is 22.6 Å². The molecule has 2 atom stereocenters. The fraction of sp³-hybridized carbons (Fsp3) is 0.286. The molecule has 0 fully saturated rings. The van der Waals surface area contributed by atoms with Crippen LogP contribution in [-0.4, -0.2) is 44.4 Å². The highest BCUT2D eigenvalue weighted by Crippen LogP contribution is 2.12. The van der Waals surface area contributed by atoms with Crippen molar-refractivity contribution in [3.05, 3.63) is 40.3 Å². The molecule has 0 aliphatic carbocycles. The summed E-state index contributed by atoms with van der Waals surface area (Å²) in [5.41, 5.74) is -0.0467. The van der Waals surface area contributed by atoms with Gasteiger partial charge in [-0.15, -0.1) is 0 Å². The molecule has 22 heavy (non-hydrogen) atoms. The Hall–Kier alpha value is -2.74. The molecule has 2 aromatic rings. The van der Waals surface area contributed by atoms with Crippen LogP contribution in [0.2, 0.25) is 0 Å². The number of hydrogen-bond acceptors (Lipinski definition) is 5. The number of aromatic amines is 1. The zero-order chi connectivity index (χ0) is 16.3. The number of carboxylic acids is 1. The summed E-state index contributed by atoms with van der Waals surface area (Å²) in [4.78, 5) is 34.5. The minimum atomic E-state index is -1.40. The number of aliphatic hydroxyl groups is 1. The molecule has 1 aromatic heterocycles. The average molecular weight is 305 g/mol. The summed E-state index contributed by atoms with van der Waals surface area (Å²) in [6.45, 7) is 1.27. The van der Waals surface area contributed by atoms with Gasteiger partial charge in [-0.2, -0.15) is 5.10 Å². The first-order chi connectivity index (χ1) is 10.4. The maximum Gasteiger partial charge on any atom is 0.328 e.